The highest BCUT2D eigenvalue weighted by Gasteiger charge is 2.41. The molecule has 4 rings (SSSR count). The second kappa shape index (κ2) is 5.85. The van der Waals surface area contributed by atoms with Crippen LogP contribution >= 0.6 is 12.2 Å². The Bertz CT molecular complexity index is 786. The van der Waals surface area contributed by atoms with Crippen molar-refractivity contribution in [3.05, 3.63) is 84.4 Å². The fraction of sp³-hybridized carbons (Fsp3) is 0.111. The Morgan fingerprint density at radius 3 is 2.48 bits per heavy atom. The van der Waals surface area contributed by atoms with Crippen molar-refractivity contribution in [2.24, 2.45) is 0 Å². The van der Waals surface area contributed by atoms with Gasteiger partial charge in [-0.1, -0.05) is 24.3 Å². The van der Waals surface area contributed by atoms with E-state index in [-0.39, 0.29) is 12.1 Å². The standard InChI is InChI=1S/C18H16N4S/c23-18-21-16(14-9-4-5-11-19-14)17(15-10-6-12-20-15)22(18)13-7-2-1-3-8-13/h1-12,16-17,20H,(H,21,23)/t16-,17-/m1/s1. The van der Waals surface area contributed by atoms with E-state index in [2.05, 4.69) is 38.4 Å². The van der Waals surface area contributed by atoms with Gasteiger partial charge < -0.3 is 15.2 Å². The summed E-state index contributed by atoms with van der Waals surface area (Å²) >= 11 is 5.62. The molecule has 0 aliphatic carbocycles. The molecule has 2 N–H and O–H groups in total. The maximum absolute atomic E-state index is 5.62. The normalized spacial score (nSPS) is 20.5. The average Bonchev–Trinajstić information content (AvgIpc) is 3.24. The molecule has 0 bridgehead atoms. The van der Waals surface area contributed by atoms with Crippen molar-refractivity contribution in [2.75, 3.05) is 4.90 Å². The Kier molecular flexibility index (Phi) is 3.55. The Hall–Kier alpha value is -2.66. The lowest BCUT2D eigenvalue weighted by molar-refractivity contribution is 0.558. The number of nitrogens with zero attached hydrogens (tertiary/aromatic N) is 2. The van der Waals surface area contributed by atoms with Gasteiger partial charge in [0, 0.05) is 23.8 Å². The highest BCUT2D eigenvalue weighted by atomic mass is 32.1. The van der Waals surface area contributed by atoms with Gasteiger partial charge in [-0.3, -0.25) is 4.98 Å². The Morgan fingerprint density at radius 1 is 0.957 bits per heavy atom. The summed E-state index contributed by atoms with van der Waals surface area (Å²) < 4.78 is 0. The highest BCUT2D eigenvalue weighted by Crippen LogP contribution is 2.40. The Balaban J connectivity index is 1.81. The summed E-state index contributed by atoms with van der Waals surface area (Å²) in [4.78, 5) is 10.0. The summed E-state index contributed by atoms with van der Waals surface area (Å²) in [6, 6.07) is 20.3. The Morgan fingerprint density at radius 2 is 1.78 bits per heavy atom. The van der Waals surface area contributed by atoms with Gasteiger partial charge in [-0.2, -0.15) is 0 Å². The lowest BCUT2D eigenvalue weighted by Crippen LogP contribution is -2.29. The first-order valence-electron chi connectivity index (χ1n) is 7.53. The predicted octanol–water partition coefficient (Wildman–Crippen LogP) is 3.59. The molecule has 1 aliphatic heterocycles. The summed E-state index contributed by atoms with van der Waals surface area (Å²) in [6.07, 6.45) is 3.76. The van der Waals surface area contributed by atoms with Crippen LogP contribution in [0.2, 0.25) is 0 Å². The van der Waals surface area contributed by atoms with Gasteiger partial charge >= 0.3 is 0 Å². The molecular formula is C18H16N4S. The minimum absolute atomic E-state index is 0.00237. The summed E-state index contributed by atoms with van der Waals surface area (Å²) in [7, 11) is 0. The van der Waals surface area contributed by atoms with E-state index in [0.717, 1.165) is 17.1 Å². The number of pyridine rings is 1. The molecule has 3 heterocycles. The first-order valence-corrected chi connectivity index (χ1v) is 7.94. The molecule has 3 aromatic rings. The van der Waals surface area contributed by atoms with Crippen LogP contribution in [0, 0.1) is 0 Å². The average molecular weight is 320 g/mol. The van der Waals surface area contributed by atoms with Gasteiger partial charge in [0.25, 0.3) is 0 Å². The summed E-state index contributed by atoms with van der Waals surface area (Å²) in [6.45, 7) is 0. The number of nitrogens with one attached hydrogen (secondary N) is 2. The summed E-state index contributed by atoms with van der Waals surface area (Å²) in [5.74, 6) is 0. The third-order valence-corrected chi connectivity index (χ3v) is 4.39. The Labute approximate surface area is 140 Å². The van der Waals surface area contributed by atoms with Crippen molar-refractivity contribution in [3.63, 3.8) is 0 Å². The molecule has 0 amide bonds. The first-order chi connectivity index (χ1) is 11.3. The lowest BCUT2D eigenvalue weighted by atomic mass is 10.0. The number of thiocarbonyl (C=S) groups is 1. The van der Waals surface area contributed by atoms with Crippen LogP contribution in [0.3, 0.4) is 0 Å². The highest BCUT2D eigenvalue weighted by molar-refractivity contribution is 7.80. The van der Waals surface area contributed by atoms with Crippen LogP contribution in [0.15, 0.2) is 73.1 Å². The van der Waals surface area contributed by atoms with Crippen LogP contribution in [-0.4, -0.2) is 15.1 Å². The van der Waals surface area contributed by atoms with Gasteiger partial charge in [-0.05, 0) is 48.6 Å². The monoisotopic (exact) mass is 320 g/mol. The number of aromatic nitrogens is 2. The molecule has 0 radical (unpaired) electrons. The molecule has 2 atom stereocenters. The molecule has 1 saturated heterocycles. The van der Waals surface area contributed by atoms with Crippen LogP contribution in [0.25, 0.3) is 0 Å². The maximum Gasteiger partial charge on any atom is 0.174 e. The molecule has 0 unspecified atom stereocenters. The number of benzene rings is 1. The number of rotatable bonds is 3. The fourth-order valence-electron chi connectivity index (χ4n) is 3.07. The SMILES string of the molecule is S=C1N[C@H](c2ccccn2)[C@@H](c2ccc[nH]2)N1c1ccccc1. The zero-order valence-electron chi connectivity index (χ0n) is 12.4. The molecule has 23 heavy (non-hydrogen) atoms. The third kappa shape index (κ3) is 2.49. The minimum Gasteiger partial charge on any atom is -0.363 e. The van der Waals surface area contributed by atoms with Gasteiger partial charge in [0.05, 0.1) is 11.7 Å². The van der Waals surface area contributed by atoms with E-state index < -0.39 is 0 Å². The first kappa shape index (κ1) is 14.0. The van der Waals surface area contributed by atoms with E-state index in [1.165, 1.54) is 0 Å². The molecule has 114 valence electrons. The van der Waals surface area contributed by atoms with Gasteiger partial charge in [-0.15, -0.1) is 0 Å². The largest absolute Gasteiger partial charge is 0.363 e. The third-order valence-electron chi connectivity index (χ3n) is 4.07. The molecular weight excluding hydrogens is 304 g/mol. The number of anilines is 1. The van der Waals surface area contributed by atoms with E-state index in [0.29, 0.717) is 5.11 Å². The van der Waals surface area contributed by atoms with Gasteiger partial charge in [0.15, 0.2) is 5.11 Å². The van der Waals surface area contributed by atoms with E-state index in [1.54, 1.807) is 0 Å². The molecule has 1 aromatic carbocycles. The van der Waals surface area contributed by atoms with Crippen LogP contribution in [0.1, 0.15) is 23.5 Å². The van der Waals surface area contributed by atoms with Crippen molar-refractivity contribution < 1.29 is 0 Å². The zero-order chi connectivity index (χ0) is 15.6. The van der Waals surface area contributed by atoms with Crippen LogP contribution < -0.4 is 10.2 Å². The number of H-pyrrole nitrogens is 1. The van der Waals surface area contributed by atoms with E-state index in [1.807, 2.05) is 54.9 Å². The molecule has 4 nitrogen and oxygen atoms in total. The van der Waals surface area contributed by atoms with Gasteiger partial charge in [0.1, 0.15) is 6.04 Å². The van der Waals surface area contributed by atoms with Crippen molar-refractivity contribution in [1.82, 2.24) is 15.3 Å². The number of hydrogen-bond donors (Lipinski definition) is 2. The molecule has 1 aliphatic rings. The molecule has 5 heteroatoms. The second-order valence-electron chi connectivity index (χ2n) is 5.46. The number of aromatic amines is 1. The van der Waals surface area contributed by atoms with Crippen LogP contribution in [0.4, 0.5) is 5.69 Å². The second-order valence-corrected chi connectivity index (χ2v) is 5.84. The van der Waals surface area contributed by atoms with E-state index in [4.69, 9.17) is 12.2 Å². The lowest BCUT2D eigenvalue weighted by Gasteiger charge is -2.26. The molecule has 0 spiro atoms. The number of para-hydroxylation sites is 1. The molecule has 2 aromatic heterocycles. The zero-order valence-corrected chi connectivity index (χ0v) is 13.2. The molecule has 0 saturated carbocycles. The predicted molar refractivity (Wildman–Crippen MR) is 95.2 cm³/mol. The summed E-state index contributed by atoms with van der Waals surface area (Å²) in [5, 5.41) is 4.15. The number of hydrogen-bond acceptors (Lipinski definition) is 2. The smallest absolute Gasteiger partial charge is 0.174 e. The van der Waals surface area contributed by atoms with Crippen LogP contribution in [0.5, 0.6) is 0 Å². The minimum atomic E-state index is 0.00237. The van der Waals surface area contributed by atoms with Crippen molar-refractivity contribution in [1.29, 1.82) is 0 Å². The molecule has 1 fully saturated rings. The summed E-state index contributed by atoms with van der Waals surface area (Å²) in [5.41, 5.74) is 3.16. The van der Waals surface area contributed by atoms with E-state index in [9.17, 15) is 0 Å². The van der Waals surface area contributed by atoms with Crippen molar-refractivity contribution in [3.8, 4) is 0 Å². The topological polar surface area (TPSA) is 44.0 Å². The van der Waals surface area contributed by atoms with E-state index >= 15 is 0 Å². The van der Waals surface area contributed by atoms with Crippen LogP contribution in [-0.2, 0) is 0 Å². The van der Waals surface area contributed by atoms with Gasteiger partial charge in [0.2, 0.25) is 0 Å². The van der Waals surface area contributed by atoms with Crippen molar-refractivity contribution in [2.45, 2.75) is 12.1 Å². The maximum atomic E-state index is 5.62. The van der Waals surface area contributed by atoms with Crippen molar-refractivity contribution >= 4 is 23.0 Å². The van der Waals surface area contributed by atoms with Gasteiger partial charge in [-0.25, -0.2) is 0 Å². The quantitative estimate of drug-likeness (QED) is 0.724. The fourth-order valence-corrected chi connectivity index (χ4v) is 3.41.